The van der Waals surface area contributed by atoms with Crippen molar-refractivity contribution < 1.29 is 0 Å². The van der Waals surface area contributed by atoms with Crippen molar-refractivity contribution in [3.8, 4) is 6.07 Å². The quantitative estimate of drug-likeness (QED) is 0.308. The van der Waals surface area contributed by atoms with Crippen LogP contribution in [0.25, 0.3) is 0 Å². The summed E-state index contributed by atoms with van der Waals surface area (Å²) < 4.78 is 2.02. The first-order valence-corrected chi connectivity index (χ1v) is 12.5. The zero-order chi connectivity index (χ0) is 22.3. The van der Waals surface area contributed by atoms with Crippen LogP contribution in [0.1, 0.15) is 65.0 Å². The van der Waals surface area contributed by atoms with Crippen LogP contribution in [-0.2, 0) is 12.0 Å². The number of hydrogen-bond acceptors (Lipinski definition) is 2. The molecule has 0 N–H and O–H groups in total. The first-order valence-electron chi connectivity index (χ1n) is 10.9. The Kier molecular flexibility index (Phi) is 9.60. The fourth-order valence-electron chi connectivity index (χ4n) is 4.32. The second-order valence-corrected chi connectivity index (χ2v) is 10.4. The summed E-state index contributed by atoms with van der Waals surface area (Å²) in [6, 6.07) is 20.6. The van der Waals surface area contributed by atoms with Crippen molar-refractivity contribution in [1.29, 1.82) is 5.26 Å². The van der Waals surface area contributed by atoms with Gasteiger partial charge in [-0.3, -0.25) is 4.90 Å². The number of hydrogen-bond donors (Lipinski definition) is 0. The molecule has 30 heavy (non-hydrogen) atoms. The van der Waals surface area contributed by atoms with Crippen molar-refractivity contribution in [3.63, 3.8) is 0 Å². The van der Waals surface area contributed by atoms with Gasteiger partial charge in [-0.15, -0.1) is 0 Å². The van der Waals surface area contributed by atoms with Crippen LogP contribution in [-0.4, -0.2) is 17.0 Å². The first kappa shape index (κ1) is 25.1. The molecule has 2 aromatic carbocycles. The Morgan fingerprint density at radius 2 is 1.67 bits per heavy atom. The molecule has 2 nitrogen and oxygen atoms in total. The summed E-state index contributed by atoms with van der Waals surface area (Å²) in [5.41, 5.74) is 1.95. The average Bonchev–Trinajstić information content (AvgIpc) is 2.73. The van der Waals surface area contributed by atoms with Gasteiger partial charge in [-0.05, 0) is 94.1 Å². The number of halogens is 2. The maximum absolute atomic E-state index is 10.3. The van der Waals surface area contributed by atoms with E-state index < -0.39 is 5.41 Å². The molecule has 0 aliphatic rings. The molecule has 0 aliphatic carbocycles. The average molecular weight is 534 g/mol. The van der Waals surface area contributed by atoms with Gasteiger partial charge in [0.25, 0.3) is 0 Å². The van der Waals surface area contributed by atoms with E-state index in [-0.39, 0.29) is 5.92 Å². The van der Waals surface area contributed by atoms with E-state index in [0.29, 0.717) is 12.1 Å². The highest BCUT2D eigenvalue weighted by atomic mass is 79.9. The van der Waals surface area contributed by atoms with Gasteiger partial charge in [0.1, 0.15) is 0 Å². The van der Waals surface area contributed by atoms with Crippen LogP contribution in [0.15, 0.2) is 57.5 Å². The van der Waals surface area contributed by atoms with Crippen LogP contribution >= 0.6 is 31.9 Å². The molecule has 0 amide bonds. The molecular formula is C26H34Br2N2. The molecule has 0 spiro atoms. The van der Waals surface area contributed by atoms with Crippen LogP contribution in [0.3, 0.4) is 0 Å². The fraction of sp³-hybridized carbons (Fsp3) is 0.500. The van der Waals surface area contributed by atoms with Crippen molar-refractivity contribution >= 4 is 31.9 Å². The zero-order valence-electron chi connectivity index (χ0n) is 18.8. The molecule has 2 rings (SSSR count). The molecular weight excluding hydrogens is 500 g/mol. The molecule has 0 fully saturated rings. The number of nitrogens with zero attached hydrogens (tertiary/aromatic N) is 2. The molecule has 0 bridgehead atoms. The maximum atomic E-state index is 10.3. The lowest BCUT2D eigenvalue weighted by molar-refractivity contribution is 0.123. The summed E-state index contributed by atoms with van der Waals surface area (Å²) in [5.74, 6) is 0.231. The smallest absolute Gasteiger partial charge is 0.0846 e. The maximum Gasteiger partial charge on any atom is 0.0846 e. The molecule has 0 heterocycles. The van der Waals surface area contributed by atoms with E-state index in [1.54, 1.807) is 0 Å². The third kappa shape index (κ3) is 5.96. The van der Waals surface area contributed by atoms with Gasteiger partial charge in [-0.1, -0.05) is 57.2 Å². The molecule has 0 saturated carbocycles. The van der Waals surface area contributed by atoms with Crippen molar-refractivity contribution in [2.24, 2.45) is 5.92 Å². The molecule has 0 aliphatic heterocycles. The van der Waals surface area contributed by atoms with Crippen molar-refractivity contribution in [2.45, 2.75) is 77.9 Å². The Balaban J connectivity index is 2.28. The van der Waals surface area contributed by atoms with Gasteiger partial charge >= 0.3 is 0 Å². The molecule has 2 aromatic rings. The largest absolute Gasteiger partial charge is 0.294 e. The van der Waals surface area contributed by atoms with Crippen LogP contribution in [0.5, 0.6) is 0 Å². The van der Waals surface area contributed by atoms with Crippen molar-refractivity contribution in [1.82, 2.24) is 4.90 Å². The Labute approximate surface area is 199 Å². The summed E-state index contributed by atoms with van der Waals surface area (Å²) in [4.78, 5) is 2.59. The lowest BCUT2D eigenvalue weighted by atomic mass is 9.69. The van der Waals surface area contributed by atoms with Gasteiger partial charge in [-0.2, -0.15) is 5.26 Å². The molecule has 162 valence electrons. The minimum atomic E-state index is -0.494. The molecule has 0 radical (unpaired) electrons. The SMILES string of the molecule is CCC(CCC(C#N)(c1ccc(Br)c(Br)c1)C(C)C)N(Cc1ccccc1)C(C)C. The summed E-state index contributed by atoms with van der Waals surface area (Å²) >= 11 is 7.18. The third-order valence-electron chi connectivity index (χ3n) is 6.30. The summed E-state index contributed by atoms with van der Waals surface area (Å²) in [7, 11) is 0. The van der Waals surface area contributed by atoms with Crippen molar-refractivity contribution in [3.05, 3.63) is 68.6 Å². The van der Waals surface area contributed by atoms with Gasteiger partial charge in [-0.25, -0.2) is 0 Å². The minimum Gasteiger partial charge on any atom is -0.294 e. The van der Waals surface area contributed by atoms with E-state index in [1.165, 1.54) is 5.56 Å². The van der Waals surface area contributed by atoms with E-state index in [1.807, 2.05) is 6.07 Å². The second kappa shape index (κ2) is 11.5. The first-order chi connectivity index (χ1) is 14.2. The lowest BCUT2D eigenvalue weighted by Gasteiger charge is -2.38. The fourth-order valence-corrected chi connectivity index (χ4v) is 4.94. The van der Waals surface area contributed by atoms with E-state index in [2.05, 4.69) is 120 Å². The van der Waals surface area contributed by atoms with Gasteiger partial charge in [0.05, 0.1) is 11.5 Å². The van der Waals surface area contributed by atoms with Gasteiger partial charge in [0.15, 0.2) is 0 Å². The lowest BCUT2D eigenvalue weighted by Crippen LogP contribution is -2.41. The molecule has 4 heteroatoms. The highest BCUT2D eigenvalue weighted by molar-refractivity contribution is 9.13. The van der Waals surface area contributed by atoms with Gasteiger partial charge in [0.2, 0.25) is 0 Å². The zero-order valence-corrected chi connectivity index (χ0v) is 22.0. The second-order valence-electron chi connectivity index (χ2n) is 8.72. The van der Waals surface area contributed by atoms with Crippen LogP contribution in [0.2, 0.25) is 0 Å². The monoisotopic (exact) mass is 532 g/mol. The molecule has 2 atom stereocenters. The number of nitriles is 1. The van der Waals surface area contributed by atoms with Gasteiger partial charge < -0.3 is 0 Å². The normalized spacial score (nSPS) is 14.7. The van der Waals surface area contributed by atoms with Gasteiger partial charge in [0, 0.05) is 27.6 Å². The van der Waals surface area contributed by atoms with Crippen molar-refractivity contribution in [2.75, 3.05) is 0 Å². The van der Waals surface area contributed by atoms with Crippen LogP contribution in [0.4, 0.5) is 0 Å². The molecule has 0 aromatic heterocycles. The third-order valence-corrected chi connectivity index (χ3v) is 8.18. The topological polar surface area (TPSA) is 27.0 Å². The molecule has 0 saturated heterocycles. The van der Waals surface area contributed by atoms with E-state index >= 15 is 0 Å². The van der Waals surface area contributed by atoms with E-state index in [0.717, 1.165) is 40.3 Å². The number of rotatable bonds is 10. The van der Waals surface area contributed by atoms with Crippen LogP contribution < -0.4 is 0 Å². The Bertz CT molecular complexity index is 842. The Morgan fingerprint density at radius 1 is 1.00 bits per heavy atom. The number of benzene rings is 2. The Hall–Kier alpha value is -1.15. The van der Waals surface area contributed by atoms with E-state index in [4.69, 9.17) is 0 Å². The summed E-state index contributed by atoms with van der Waals surface area (Å²) in [6.07, 6.45) is 2.93. The highest BCUT2D eigenvalue weighted by Crippen LogP contribution is 2.40. The standard InChI is InChI=1S/C26H34Br2N2/c1-6-23(30(20(4)5)17-21-10-8-7-9-11-21)14-15-26(18-29,19(2)3)22-12-13-24(27)25(28)16-22/h7-13,16,19-20,23H,6,14-15,17H2,1-5H3. The predicted octanol–water partition coefficient (Wildman–Crippen LogP) is 8.10. The Morgan fingerprint density at radius 3 is 2.17 bits per heavy atom. The van der Waals surface area contributed by atoms with E-state index in [9.17, 15) is 5.26 Å². The van der Waals surface area contributed by atoms with Crippen LogP contribution in [0, 0.1) is 17.2 Å². The molecule has 2 unspecified atom stereocenters. The summed E-state index contributed by atoms with van der Waals surface area (Å²) in [5, 5.41) is 10.3. The highest BCUT2D eigenvalue weighted by Gasteiger charge is 2.37. The summed E-state index contributed by atoms with van der Waals surface area (Å²) in [6.45, 7) is 12.1. The minimum absolute atomic E-state index is 0.231. The predicted molar refractivity (Wildman–Crippen MR) is 134 cm³/mol.